The van der Waals surface area contributed by atoms with E-state index < -0.39 is 0 Å². The number of benzene rings is 2. The maximum Gasteiger partial charge on any atom is 0.240 e. The molecule has 0 radical (unpaired) electrons. The van der Waals surface area contributed by atoms with Crippen molar-refractivity contribution in [2.24, 2.45) is 0 Å². The van der Waals surface area contributed by atoms with Crippen LogP contribution in [0.4, 0.5) is 0 Å². The highest BCUT2D eigenvalue weighted by Gasteiger charge is 2.26. The van der Waals surface area contributed by atoms with Crippen molar-refractivity contribution >= 4 is 16.9 Å². The summed E-state index contributed by atoms with van der Waals surface area (Å²) in [6.07, 6.45) is 0. The Kier molecular flexibility index (Phi) is 7.11. The lowest BCUT2D eigenvalue weighted by Gasteiger charge is -2.33. The van der Waals surface area contributed by atoms with Gasteiger partial charge in [-0.2, -0.15) is 0 Å². The summed E-state index contributed by atoms with van der Waals surface area (Å²) in [7, 11) is 0. The maximum atomic E-state index is 13.1. The van der Waals surface area contributed by atoms with Crippen LogP contribution in [-0.2, 0) is 22.7 Å². The van der Waals surface area contributed by atoms with Crippen molar-refractivity contribution < 1.29 is 18.7 Å². The van der Waals surface area contributed by atoms with E-state index >= 15 is 0 Å². The quantitative estimate of drug-likeness (QED) is 0.398. The van der Waals surface area contributed by atoms with Gasteiger partial charge in [-0.15, -0.1) is 0 Å². The number of furan rings is 1. The van der Waals surface area contributed by atoms with E-state index in [9.17, 15) is 4.79 Å². The van der Waals surface area contributed by atoms with Gasteiger partial charge in [0.2, 0.25) is 5.91 Å². The van der Waals surface area contributed by atoms with E-state index in [2.05, 4.69) is 10.2 Å². The molecule has 0 aliphatic carbocycles. The molecule has 1 unspecified atom stereocenters. The van der Waals surface area contributed by atoms with Crippen LogP contribution in [0.25, 0.3) is 11.0 Å². The molecule has 2 aromatic carbocycles. The number of amides is 1. The molecule has 5 rings (SSSR count). The zero-order valence-electron chi connectivity index (χ0n) is 19.9. The highest BCUT2D eigenvalue weighted by molar-refractivity contribution is 5.81. The van der Waals surface area contributed by atoms with Gasteiger partial charge in [0.05, 0.1) is 30.3 Å². The summed E-state index contributed by atoms with van der Waals surface area (Å²) >= 11 is 0. The van der Waals surface area contributed by atoms with Crippen LogP contribution in [-0.4, -0.2) is 53.2 Å². The van der Waals surface area contributed by atoms with Crippen molar-refractivity contribution in [3.63, 3.8) is 0 Å². The minimum atomic E-state index is -0.0874. The number of hydrogen-bond donors (Lipinski definition) is 1. The molecule has 8 nitrogen and oxygen atoms in total. The Morgan fingerprint density at radius 2 is 1.83 bits per heavy atom. The first-order valence-electron chi connectivity index (χ1n) is 11.9. The number of morpholine rings is 1. The second-order valence-electron chi connectivity index (χ2n) is 8.62. The van der Waals surface area contributed by atoms with Crippen LogP contribution in [0.15, 0.2) is 71.1 Å². The molecule has 0 bridgehead atoms. The number of carbonyl (C=O) groups is 1. The van der Waals surface area contributed by atoms with Gasteiger partial charge in [-0.05, 0) is 43.3 Å². The molecule has 2 aromatic heterocycles. The van der Waals surface area contributed by atoms with Crippen LogP contribution >= 0.6 is 0 Å². The van der Waals surface area contributed by atoms with Gasteiger partial charge < -0.3 is 23.8 Å². The number of para-hydroxylation sites is 3. The zero-order valence-corrected chi connectivity index (χ0v) is 19.9. The van der Waals surface area contributed by atoms with Gasteiger partial charge in [0, 0.05) is 19.6 Å². The van der Waals surface area contributed by atoms with Crippen LogP contribution in [0.3, 0.4) is 0 Å². The van der Waals surface area contributed by atoms with Crippen molar-refractivity contribution in [2.75, 3.05) is 32.8 Å². The molecule has 0 saturated carbocycles. The van der Waals surface area contributed by atoms with Crippen molar-refractivity contribution in [1.29, 1.82) is 0 Å². The molecule has 1 aliphatic heterocycles. The van der Waals surface area contributed by atoms with Crippen molar-refractivity contribution in [3.8, 4) is 5.75 Å². The topological polar surface area (TPSA) is 81.8 Å². The summed E-state index contributed by atoms with van der Waals surface area (Å²) in [6.45, 7) is 5.76. The van der Waals surface area contributed by atoms with E-state index in [1.807, 2.05) is 78.2 Å². The highest BCUT2D eigenvalue weighted by Crippen LogP contribution is 2.24. The Morgan fingerprint density at radius 1 is 1.06 bits per heavy atom. The zero-order chi connectivity index (χ0) is 24.0. The number of imidazole rings is 1. The standard InChI is InChI=1S/C27H30N4O4/c1-20-11-12-25(35-20)24(30-13-15-33-16-14-30)17-28-27(32)18-31-23-10-6-5-9-22(23)29-26(31)19-34-21-7-3-2-4-8-21/h2-12,24H,13-19H2,1H3,(H,28,32). The van der Waals surface area contributed by atoms with Crippen LogP contribution in [0.5, 0.6) is 5.75 Å². The smallest absolute Gasteiger partial charge is 0.240 e. The molecular weight excluding hydrogens is 444 g/mol. The minimum absolute atomic E-state index is 0.0445. The number of ether oxygens (including phenoxy) is 2. The van der Waals surface area contributed by atoms with Crippen LogP contribution < -0.4 is 10.1 Å². The van der Waals surface area contributed by atoms with Gasteiger partial charge in [0.15, 0.2) is 0 Å². The fourth-order valence-corrected chi connectivity index (χ4v) is 4.42. The van der Waals surface area contributed by atoms with Gasteiger partial charge in [0.1, 0.15) is 36.2 Å². The molecule has 182 valence electrons. The normalized spacial score (nSPS) is 15.2. The number of rotatable bonds is 9. The van der Waals surface area contributed by atoms with E-state index in [0.717, 1.165) is 41.4 Å². The minimum Gasteiger partial charge on any atom is -0.486 e. The predicted octanol–water partition coefficient (Wildman–Crippen LogP) is 3.71. The lowest BCUT2D eigenvalue weighted by molar-refractivity contribution is -0.122. The van der Waals surface area contributed by atoms with E-state index in [1.165, 1.54) is 0 Å². The molecule has 0 spiro atoms. The van der Waals surface area contributed by atoms with Gasteiger partial charge in [-0.25, -0.2) is 4.98 Å². The molecule has 3 heterocycles. The van der Waals surface area contributed by atoms with Gasteiger partial charge in [-0.3, -0.25) is 9.69 Å². The van der Waals surface area contributed by atoms with E-state index in [1.54, 1.807) is 0 Å². The first-order valence-corrected chi connectivity index (χ1v) is 11.9. The van der Waals surface area contributed by atoms with Gasteiger partial charge in [0.25, 0.3) is 0 Å². The second-order valence-corrected chi connectivity index (χ2v) is 8.62. The third kappa shape index (κ3) is 5.55. The number of aryl methyl sites for hydroxylation is 1. The van der Waals surface area contributed by atoms with E-state index in [-0.39, 0.29) is 25.1 Å². The van der Waals surface area contributed by atoms with Crippen LogP contribution in [0.2, 0.25) is 0 Å². The molecule has 1 aliphatic rings. The Labute approximate surface area is 204 Å². The monoisotopic (exact) mass is 474 g/mol. The SMILES string of the molecule is Cc1ccc(C(CNC(=O)Cn2c(COc3ccccc3)nc3ccccc32)N2CCOCC2)o1. The molecule has 4 aromatic rings. The summed E-state index contributed by atoms with van der Waals surface area (Å²) in [5.41, 5.74) is 1.74. The summed E-state index contributed by atoms with van der Waals surface area (Å²) < 4.78 is 19.3. The second kappa shape index (κ2) is 10.8. The fraction of sp³-hybridized carbons (Fsp3) is 0.333. The molecule has 8 heteroatoms. The van der Waals surface area contributed by atoms with Crippen molar-refractivity contribution in [2.45, 2.75) is 26.1 Å². The maximum absolute atomic E-state index is 13.1. The summed E-state index contributed by atoms with van der Waals surface area (Å²) in [5.74, 6) is 3.09. The highest BCUT2D eigenvalue weighted by atomic mass is 16.5. The number of nitrogens with one attached hydrogen (secondary N) is 1. The first kappa shape index (κ1) is 23.1. The molecule has 1 amide bonds. The van der Waals surface area contributed by atoms with E-state index in [4.69, 9.17) is 18.9 Å². The summed E-state index contributed by atoms with van der Waals surface area (Å²) in [6, 6.07) is 21.3. The average Bonchev–Trinajstić information content (AvgIpc) is 3.47. The van der Waals surface area contributed by atoms with Gasteiger partial charge in [-0.1, -0.05) is 30.3 Å². The van der Waals surface area contributed by atoms with Crippen LogP contribution in [0, 0.1) is 6.92 Å². The third-order valence-electron chi connectivity index (χ3n) is 6.22. The first-order chi connectivity index (χ1) is 17.2. The molecule has 1 N–H and O–H groups in total. The predicted molar refractivity (Wildman–Crippen MR) is 132 cm³/mol. The number of nitrogens with zero attached hydrogens (tertiary/aromatic N) is 3. The van der Waals surface area contributed by atoms with Gasteiger partial charge >= 0.3 is 0 Å². The summed E-state index contributed by atoms with van der Waals surface area (Å²) in [5, 5.41) is 3.12. The largest absolute Gasteiger partial charge is 0.486 e. The lowest BCUT2D eigenvalue weighted by atomic mass is 10.1. The van der Waals surface area contributed by atoms with E-state index in [0.29, 0.717) is 25.6 Å². The average molecular weight is 475 g/mol. The Hall–Kier alpha value is -3.62. The Bertz CT molecular complexity index is 1260. The Balaban J connectivity index is 1.30. The van der Waals surface area contributed by atoms with Crippen LogP contribution in [0.1, 0.15) is 23.4 Å². The fourth-order valence-electron chi connectivity index (χ4n) is 4.42. The Morgan fingerprint density at radius 3 is 2.60 bits per heavy atom. The van der Waals surface area contributed by atoms with Crippen molar-refractivity contribution in [3.05, 3.63) is 84.1 Å². The molecule has 1 saturated heterocycles. The molecule has 1 fully saturated rings. The molecule has 35 heavy (non-hydrogen) atoms. The third-order valence-corrected chi connectivity index (χ3v) is 6.22. The number of hydrogen-bond acceptors (Lipinski definition) is 6. The number of carbonyl (C=O) groups excluding carboxylic acids is 1. The molecule has 1 atom stereocenters. The number of fused-ring (bicyclic) bond motifs is 1. The van der Waals surface area contributed by atoms with Crippen molar-refractivity contribution in [1.82, 2.24) is 19.8 Å². The molecular formula is C27H30N4O4. The lowest BCUT2D eigenvalue weighted by Crippen LogP contribution is -2.44. The summed E-state index contributed by atoms with van der Waals surface area (Å²) in [4.78, 5) is 20.2. The number of aromatic nitrogens is 2.